The van der Waals surface area contributed by atoms with Gasteiger partial charge < -0.3 is 19.5 Å². The first-order valence-electron chi connectivity index (χ1n) is 5.44. The van der Waals surface area contributed by atoms with Crippen molar-refractivity contribution < 1.29 is 66.0 Å². The van der Waals surface area contributed by atoms with Crippen LogP contribution in [0.5, 0.6) is 0 Å². The molecule has 4 nitrogen and oxygen atoms in total. The minimum Gasteiger partial charge on any atom is -0.545 e. The van der Waals surface area contributed by atoms with Crippen molar-refractivity contribution in [3.05, 3.63) is 28.8 Å². The van der Waals surface area contributed by atoms with Gasteiger partial charge in [0.25, 0.3) is 0 Å². The van der Waals surface area contributed by atoms with E-state index < -0.39 is 5.97 Å². The summed E-state index contributed by atoms with van der Waals surface area (Å²) in [6.07, 6.45) is 0. The van der Waals surface area contributed by atoms with Crippen LogP contribution >= 0.6 is 11.6 Å². The van der Waals surface area contributed by atoms with E-state index >= 15 is 0 Å². The molecule has 2 heterocycles. The minimum atomic E-state index is -1.24. The molecule has 0 atom stereocenters. The molecule has 1 aromatic carbocycles. The second-order valence-electron chi connectivity index (χ2n) is 4.78. The van der Waals surface area contributed by atoms with Crippen LogP contribution in [0.25, 0.3) is 0 Å². The van der Waals surface area contributed by atoms with Crippen molar-refractivity contribution in [3.8, 4) is 0 Å². The average Bonchev–Trinajstić information content (AvgIpc) is 2.15. The average molecular weight is 292 g/mol. The number of carbonyl (C=O) groups excluding carboxylic acids is 1. The number of anilines is 1. The van der Waals surface area contributed by atoms with Gasteiger partial charge in [0, 0.05) is 18.7 Å². The Balaban J connectivity index is 0.00000120. The third kappa shape index (κ3) is 2.38. The van der Waals surface area contributed by atoms with E-state index in [9.17, 15) is 9.90 Å². The van der Waals surface area contributed by atoms with Crippen LogP contribution in [0.2, 0.25) is 5.02 Å². The number of hydrogen-bond donors (Lipinski definition) is 0. The molecule has 2 saturated heterocycles. The molecule has 0 saturated carbocycles. The predicted molar refractivity (Wildman–Crippen MR) is 61.2 cm³/mol. The third-order valence-electron chi connectivity index (χ3n) is 3.41. The van der Waals surface area contributed by atoms with E-state index in [4.69, 9.17) is 16.3 Å². The summed E-state index contributed by atoms with van der Waals surface area (Å²) in [5.74, 6) is -1.24. The van der Waals surface area contributed by atoms with Crippen molar-refractivity contribution in [2.24, 2.45) is 5.41 Å². The van der Waals surface area contributed by atoms with Crippen molar-refractivity contribution in [3.63, 3.8) is 0 Å². The summed E-state index contributed by atoms with van der Waals surface area (Å²) in [5.41, 5.74) is 1.10. The number of halogens is 1. The monoisotopic (exact) mass is 291 g/mol. The summed E-state index contributed by atoms with van der Waals surface area (Å²) >= 11 is 6.07. The molecule has 0 N–H and O–H groups in total. The number of aromatic carboxylic acids is 1. The number of carboxylic acid groups (broad SMARTS) is 1. The minimum absolute atomic E-state index is 0. The maximum absolute atomic E-state index is 10.9. The van der Waals surface area contributed by atoms with Crippen molar-refractivity contribution >= 4 is 23.3 Å². The standard InChI is InChI=1S/C12H12ClNO3.K/c13-10-8(11(15)16)2-1-3-9(10)14-4-12(5-14)6-17-7-12;/h1-3H,4-7H2,(H,15,16);/q;+1/p-1. The number of hydrogen-bond acceptors (Lipinski definition) is 4. The smallest absolute Gasteiger partial charge is 0.545 e. The van der Waals surface area contributed by atoms with Crippen LogP contribution in [0.1, 0.15) is 10.4 Å². The molecule has 1 aromatic rings. The van der Waals surface area contributed by atoms with Crippen LogP contribution in [0.3, 0.4) is 0 Å². The van der Waals surface area contributed by atoms with E-state index in [1.54, 1.807) is 6.07 Å². The fourth-order valence-corrected chi connectivity index (χ4v) is 2.75. The van der Waals surface area contributed by atoms with Crippen LogP contribution in [-0.4, -0.2) is 32.3 Å². The molecule has 0 aliphatic carbocycles. The van der Waals surface area contributed by atoms with Crippen LogP contribution in [0.15, 0.2) is 18.2 Å². The molecule has 2 aliphatic rings. The number of rotatable bonds is 2. The Labute approximate surface area is 153 Å². The molecule has 0 aromatic heterocycles. The number of ether oxygens (including phenoxy) is 1. The Kier molecular flexibility index (Phi) is 4.43. The molecular weight excluding hydrogens is 281 g/mol. The maximum atomic E-state index is 10.9. The molecule has 0 unspecified atom stereocenters. The van der Waals surface area contributed by atoms with E-state index in [-0.39, 0.29) is 67.4 Å². The van der Waals surface area contributed by atoms with Crippen LogP contribution in [0, 0.1) is 5.41 Å². The first kappa shape index (κ1) is 14.8. The zero-order valence-electron chi connectivity index (χ0n) is 10.1. The molecule has 0 radical (unpaired) electrons. The van der Waals surface area contributed by atoms with Gasteiger partial charge in [0.2, 0.25) is 0 Å². The fourth-order valence-electron chi connectivity index (χ4n) is 2.43. The van der Waals surface area contributed by atoms with Crippen molar-refractivity contribution in [1.82, 2.24) is 0 Å². The zero-order chi connectivity index (χ0) is 12.0. The quantitative estimate of drug-likeness (QED) is 0.568. The van der Waals surface area contributed by atoms with E-state index in [1.165, 1.54) is 6.07 Å². The maximum Gasteiger partial charge on any atom is 1.00 e. The number of carboxylic acids is 1. The van der Waals surface area contributed by atoms with Gasteiger partial charge in [-0.05, 0) is 6.07 Å². The predicted octanol–water partition coefficient (Wildman–Crippen LogP) is -2.46. The first-order chi connectivity index (χ1) is 8.11. The van der Waals surface area contributed by atoms with E-state index in [2.05, 4.69) is 4.90 Å². The van der Waals surface area contributed by atoms with Gasteiger partial charge in [0.1, 0.15) is 0 Å². The summed E-state index contributed by atoms with van der Waals surface area (Å²) < 4.78 is 5.19. The zero-order valence-corrected chi connectivity index (χ0v) is 14.0. The largest absolute Gasteiger partial charge is 1.00 e. The Hall–Kier alpha value is 0.376. The first-order valence-corrected chi connectivity index (χ1v) is 5.82. The summed E-state index contributed by atoms with van der Waals surface area (Å²) in [6, 6.07) is 4.99. The van der Waals surface area contributed by atoms with E-state index in [0.717, 1.165) is 32.0 Å². The summed E-state index contributed by atoms with van der Waals surface area (Å²) in [5, 5.41) is 11.1. The molecule has 3 rings (SSSR count). The molecule has 2 fully saturated rings. The number of nitrogens with zero attached hydrogens (tertiary/aromatic N) is 1. The van der Waals surface area contributed by atoms with Gasteiger partial charge in [-0.1, -0.05) is 23.7 Å². The molecule has 18 heavy (non-hydrogen) atoms. The molecule has 0 bridgehead atoms. The van der Waals surface area contributed by atoms with Gasteiger partial charge in [-0.2, -0.15) is 0 Å². The Morgan fingerprint density at radius 1 is 1.39 bits per heavy atom. The molecule has 2 aliphatic heterocycles. The topological polar surface area (TPSA) is 52.6 Å². The molecule has 90 valence electrons. The molecular formula is C12H11ClKNO3. The van der Waals surface area contributed by atoms with Crippen LogP contribution < -0.4 is 61.4 Å². The Bertz CT molecular complexity index is 482. The molecule has 1 spiro atoms. The van der Waals surface area contributed by atoms with E-state index in [1.807, 2.05) is 6.07 Å². The van der Waals surface area contributed by atoms with Crippen molar-refractivity contribution in [2.45, 2.75) is 0 Å². The van der Waals surface area contributed by atoms with Crippen LogP contribution in [-0.2, 0) is 4.74 Å². The third-order valence-corrected chi connectivity index (χ3v) is 3.81. The van der Waals surface area contributed by atoms with Gasteiger partial charge in [-0.25, -0.2) is 0 Å². The van der Waals surface area contributed by atoms with Gasteiger partial charge in [-0.3, -0.25) is 0 Å². The molecule has 6 heteroatoms. The van der Waals surface area contributed by atoms with Crippen LogP contribution in [0.4, 0.5) is 5.69 Å². The summed E-state index contributed by atoms with van der Waals surface area (Å²) in [6.45, 7) is 3.34. The number of carbonyl (C=O) groups is 1. The van der Waals surface area contributed by atoms with Gasteiger partial charge in [0.15, 0.2) is 0 Å². The van der Waals surface area contributed by atoms with E-state index in [0.29, 0.717) is 0 Å². The number of benzene rings is 1. The second kappa shape index (κ2) is 5.40. The van der Waals surface area contributed by atoms with Crippen molar-refractivity contribution in [1.29, 1.82) is 0 Å². The normalized spacial score (nSPS) is 19.7. The van der Waals surface area contributed by atoms with Gasteiger partial charge in [-0.15, -0.1) is 0 Å². The van der Waals surface area contributed by atoms with Crippen molar-refractivity contribution in [2.75, 3.05) is 31.2 Å². The van der Waals surface area contributed by atoms with Gasteiger partial charge >= 0.3 is 51.4 Å². The fraction of sp³-hybridized carbons (Fsp3) is 0.417. The second-order valence-corrected chi connectivity index (χ2v) is 5.15. The molecule has 0 amide bonds. The Morgan fingerprint density at radius 2 is 2.06 bits per heavy atom. The Morgan fingerprint density at radius 3 is 2.56 bits per heavy atom. The summed E-state index contributed by atoms with van der Waals surface area (Å²) in [7, 11) is 0. The summed E-state index contributed by atoms with van der Waals surface area (Å²) in [4.78, 5) is 12.9. The SMILES string of the molecule is O=C([O-])c1cccc(N2CC3(COC3)C2)c1Cl.[K+]. The van der Waals surface area contributed by atoms with Gasteiger partial charge in [0.05, 0.1) is 35.3 Å².